The third-order valence-electron chi connectivity index (χ3n) is 3.16. The normalized spacial score (nSPS) is 9.83. The number of hydrogen-bond donors (Lipinski definition) is 2. The maximum Gasteiger partial charge on any atom is 0.337 e. The Labute approximate surface area is 134 Å². The Morgan fingerprint density at radius 1 is 1.04 bits per heavy atom. The van der Waals surface area contributed by atoms with Crippen molar-refractivity contribution in [2.75, 3.05) is 19.5 Å². The van der Waals surface area contributed by atoms with Gasteiger partial charge in [0.15, 0.2) is 0 Å². The maximum atomic E-state index is 11.9. The van der Waals surface area contributed by atoms with E-state index in [-0.39, 0.29) is 12.0 Å². The van der Waals surface area contributed by atoms with Crippen molar-refractivity contribution < 1.29 is 19.1 Å². The molecule has 2 amide bonds. The molecular weight excluding hydrogens is 296 g/mol. The smallest absolute Gasteiger partial charge is 0.337 e. The number of ether oxygens (including phenoxy) is 2. The molecule has 0 radical (unpaired) electrons. The third kappa shape index (κ3) is 4.74. The second-order valence-corrected chi connectivity index (χ2v) is 4.73. The van der Waals surface area contributed by atoms with Crippen LogP contribution in [-0.4, -0.2) is 26.2 Å². The van der Waals surface area contributed by atoms with Gasteiger partial charge in [-0.1, -0.05) is 18.2 Å². The summed E-state index contributed by atoms with van der Waals surface area (Å²) in [4.78, 5) is 23.2. The van der Waals surface area contributed by atoms with Crippen molar-refractivity contribution in [2.45, 2.75) is 6.54 Å². The summed E-state index contributed by atoms with van der Waals surface area (Å²) in [5, 5.41) is 5.46. The highest BCUT2D eigenvalue weighted by Crippen LogP contribution is 2.16. The molecule has 0 fully saturated rings. The Hall–Kier alpha value is -3.02. The van der Waals surface area contributed by atoms with Gasteiger partial charge in [-0.2, -0.15) is 0 Å². The van der Waals surface area contributed by atoms with Crippen LogP contribution in [0.5, 0.6) is 5.75 Å². The van der Waals surface area contributed by atoms with Crippen LogP contribution in [0.2, 0.25) is 0 Å². The Morgan fingerprint density at radius 2 is 1.78 bits per heavy atom. The molecule has 0 aromatic heterocycles. The van der Waals surface area contributed by atoms with E-state index in [2.05, 4.69) is 15.4 Å². The minimum atomic E-state index is -0.389. The van der Waals surface area contributed by atoms with Crippen molar-refractivity contribution in [3.63, 3.8) is 0 Å². The predicted molar refractivity (Wildman–Crippen MR) is 86.6 cm³/mol. The van der Waals surface area contributed by atoms with Crippen molar-refractivity contribution >= 4 is 17.7 Å². The lowest BCUT2D eigenvalue weighted by molar-refractivity contribution is 0.0600. The first kappa shape index (κ1) is 16.4. The van der Waals surface area contributed by atoms with E-state index in [4.69, 9.17) is 4.74 Å². The summed E-state index contributed by atoms with van der Waals surface area (Å²) in [6.07, 6.45) is 0. The molecule has 0 aliphatic heterocycles. The van der Waals surface area contributed by atoms with E-state index in [1.807, 2.05) is 0 Å². The highest BCUT2D eigenvalue weighted by Gasteiger charge is 2.06. The van der Waals surface area contributed by atoms with E-state index < -0.39 is 0 Å². The number of carbonyl (C=O) groups is 2. The molecule has 2 rings (SSSR count). The van der Waals surface area contributed by atoms with E-state index in [0.717, 1.165) is 5.56 Å². The third-order valence-corrected chi connectivity index (χ3v) is 3.16. The molecule has 0 aliphatic carbocycles. The van der Waals surface area contributed by atoms with E-state index >= 15 is 0 Å². The number of nitrogens with one attached hydrogen (secondary N) is 2. The van der Waals surface area contributed by atoms with Gasteiger partial charge in [0, 0.05) is 18.3 Å². The number of anilines is 1. The van der Waals surface area contributed by atoms with Crippen LogP contribution in [0, 0.1) is 0 Å². The van der Waals surface area contributed by atoms with Crippen molar-refractivity contribution in [1.82, 2.24) is 5.32 Å². The fourth-order valence-electron chi connectivity index (χ4n) is 1.93. The molecule has 2 aromatic carbocycles. The second-order valence-electron chi connectivity index (χ2n) is 4.73. The van der Waals surface area contributed by atoms with E-state index in [1.54, 1.807) is 55.6 Å². The summed E-state index contributed by atoms with van der Waals surface area (Å²) < 4.78 is 9.73. The van der Waals surface area contributed by atoms with Crippen LogP contribution < -0.4 is 15.4 Å². The molecule has 0 saturated heterocycles. The lowest BCUT2D eigenvalue weighted by Gasteiger charge is -2.09. The number of esters is 1. The lowest BCUT2D eigenvalue weighted by atomic mass is 10.1. The predicted octanol–water partition coefficient (Wildman–Crippen LogP) is 2.80. The van der Waals surface area contributed by atoms with Gasteiger partial charge in [0.2, 0.25) is 0 Å². The van der Waals surface area contributed by atoms with E-state index in [9.17, 15) is 9.59 Å². The van der Waals surface area contributed by atoms with Crippen LogP contribution >= 0.6 is 0 Å². The molecule has 2 aromatic rings. The largest absolute Gasteiger partial charge is 0.497 e. The zero-order valence-corrected chi connectivity index (χ0v) is 13.0. The summed E-state index contributed by atoms with van der Waals surface area (Å²) in [5.74, 6) is 0.279. The molecule has 0 bridgehead atoms. The minimum absolute atomic E-state index is 0.324. The van der Waals surface area contributed by atoms with Crippen LogP contribution in [-0.2, 0) is 11.3 Å². The van der Waals surface area contributed by atoms with Gasteiger partial charge in [-0.15, -0.1) is 0 Å². The van der Waals surface area contributed by atoms with Crippen molar-refractivity contribution in [3.8, 4) is 5.75 Å². The molecule has 0 spiro atoms. The quantitative estimate of drug-likeness (QED) is 0.832. The van der Waals surface area contributed by atoms with Crippen LogP contribution in [0.25, 0.3) is 0 Å². The Kier molecular flexibility index (Phi) is 5.57. The molecule has 0 saturated carbocycles. The maximum absolute atomic E-state index is 11.9. The molecular formula is C17H18N2O4. The average Bonchev–Trinajstić information content (AvgIpc) is 2.60. The Morgan fingerprint density at radius 3 is 2.43 bits per heavy atom. The molecule has 23 heavy (non-hydrogen) atoms. The lowest BCUT2D eigenvalue weighted by Crippen LogP contribution is -2.28. The fraction of sp³-hybridized carbons (Fsp3) is 0.176. The summed E-state index contributed by atoms with van der Waals surface area (Å²) in [7, 11) is 2.90. The topological polar surface area (TPSA) is 76.7 Å². The number of carbonyl (C=O) groups excluding carboxylic acids is 2. The van der Waals surface area contributed by atoms with E-state index in [0.29, 0.717) is 23.5 Å². The minimum Gasteiger partial charge on any atom is -0.497 e. The van der Waals surface area contributed by atoms with Gasteiger partial charge >= 0.3 is 12.0 Å². The highest BCUT2D eigenvalue weighted by atomic mass is 16.5. The Bertz CT molecular complexity index is 683. The highest BCUT2D eigenvalue weighted by molar-refractivity contribution is 5.90. The first-order valence-electron chi connectivity index (χ1n) is 6.98. The van der Waals surface area contributed by atoms with Crippen molar-refractivity contribution in [3.05, 3.63) is 59.7 Å². The summed E-state index contributed by atoms with van der Waals surface area (Å²) in [6.45, 7) is 0.344. The molecule has 6 heteroatoms. The van der Waals surface area contributed by atoms with Crippen molar-refractivity contribution in [1.29, 1.82) is 0 Å². The van der Waals surface area contributed by atoms with Gasteiger partial charge in [-0.3, -0.25) is 0 Å². The summed E-state index contributed by atoms with van der Waals surface area (Å²) in [6, 6.07) is 13.6. The number of amides is 2. The summed E-state index contributed by atoms with van der Waals surface area (Å²) in [5.41, 5.74) is 1.98. The average molecular weight is 314 g/mol. The molecule has 0 atom stereocenters. The zero-order chi connectivity index (χ0) is 16.7. The van der Waals surface area contributed by atoms with Gasteiger partial charge in [0.25, 0.3) is 0 Å². The SMILES string of the molecule is COC(=O)c1ccc(CNC(=O)Nc2cccc(OC)c2)cc1. The van der Waals surface area contributed by atoms with Crippen molar-refractivity contribution in [2.24, 2.45) is 0 Å². The van der Waals surface area contributed by atoms with Gasteiger partial charge in [0.1, 0.15) is 5.75 Å². The van der Waals surface area contributed by atoms with Crippen LogP contribution in [0.15, 0.2) is 48.5 Å². The van der Waals surface area contributed by atoms with Gasteiger partial charge in [-0.05, 0) is 29.8 Å². The first-order chi connectivity index (χ1) is 11.1. The fourth-order valence-corrected chi connectivity index (χ4v) is 1.93. The molecule has 0 unspecified atom stereocenters. The first-order valence-corrected chi connectivity index (χ1v) is 6.98. The molecule has 2 N–H and O–H groups in total. The second kappa shape index (κ2) is 7.84. The van der Waals surface area contributed by atoms with Crippen LogP contribution in [0.1, 0.15) is 15.9 Å². The summed E-state index contributed by atoms with van der Waals surface area (Å²) >= 11 is 0. The van der Waals surface area contributed by atoms with Gasteiger partial charge < -0.3 is 20.1 Å². The van der Waals surface area contributed by atoms with Crippen LogP contribution in [0.4, 0.5) is 10.5 Å². The van der Waals surface area contributed by atoms with E-state index in [1.165, 1.54) is 7.11 Å². The zero-order valence-electron chi connectivity index (χ0n) is 13.0. The molecule has 6 nitrogen and oxygen atoms in total. The number of methoxy groups -OCH3 is 2. The number of rotatable bonds is 5. The number of urea groups is 1. The molecule has 0 heterocycles. The van der Waals surface area contributed by atoms with Gasteiger partial charge in [-0.25, -0.2) is 9.59 Å². The number of benzene rings is 2. The van der Waals surface area contributed by atoms with Crippen LogP contribution in [0.3, 0.4) is 0 Å². The molecule has 0 aliphatic rings. The standard InChI is InChI=1S/C17H18N2O4/c1-22-15-5-3-4-14(10-15)19-17(21)18-11-12-6-8-13(9-7-12)16(20)23-2/h3-10H,11H2,1-2H3,(H2,18,19,21). The molecule has 120 valence electrons. The monoisotopic (exact) mass is 314 g/mol. The van der Waals surface area contributed by atoms with Gasteiger partial charge in [0.05, 0.1) is 19.8 Å². The number of hydrogen-bond acceptors (Lipinski definition) is 4. The Balaban J connectivity index is 1.87.